The minimum atomic E-state index is -0.206. The van der Waals surface area contributed by atoms with Crippen LogP contribution in [0.3, 0.4) is 0 Å². The number of carbonyl (C=O) groups excluding carboxylic acids is 1. The molecule has 7 nitrogen and oxygen atoms in total. The van der Waals surface area contributed by atoms with Crippen LogP contribution in [0.4, 0.5) is 0 Å². The molecule has 1 amide bonds. The van der Waals surface area contributed by atoms with Crippen molar-refractivity contribution in [2.45, 2.75) is 13.3 Å². The molecular weight excluding hydrogens is 248 g/mol. The second kappa shape index (κ2) is 7.32. The molecule has 7 heteroatoms. The molecular formula is C12H18N4O3. The van der Waals surface area contributed by atoms with Gasteiger partial charge in [-0.05, 0) is 25.5 Å². The van der Waals surface area contributed by atoms with E-state index in [1.54, 1.807) is 11.0 Å². The number of oxime groups is 1. The SMILES string of the molecule is CCN(CCCO)C(=O)c1ccc(/C(N)=N/O)cn1. The standard InChI is InChI=1S/C12H18N4O3/c1-2-16(6-3-7-17)12(18)10-5-4-9(8-14-10)11(13)15-19/h4-5,8,17,19H,2-3,6-7H2,1H3,(H2,13,15). The molecule has 0 unspecified atom stereocenters. The quantitative estimate of drug-likeness (QED) is 0.291. The van der Waals surface area contributed by atoms with Gasteiger partial charge < -0.3 is 20.9 Å². The molecule has 1 heterocycles. The van der Waals surface area contributed by atoms with Crippen LogP contribution in [-0.4, -0.2) is 51.6 Å². The van der Waals surface area contributed by atoms with Gasteiger partial charge in [0.25, 0.3) is 5.91 Å². The number of hydrogen-bond acceptors (Lipinski definition) is 5. The second-order valence-corrected chi connectivity index (χ2v) is 3.88. The van der Waals surface area contributed by atoms with E-state index >= 15 is 0 Å². The van der Waals surface area contributed by atoms with Crippen LogP contribution in [0.5, 0.6) is 0 Å². The summed E-state index contributed by atoms with van der Waals surface area (Å²) in [6.45, 7) is 2.93. The predicted octanol–water partition coefficient (Wildman–Crippen LogP) is 0.0206. The number of rotatable bonds is 6. The van der Waals surface area contributed by atoms with Crippen LogP contribution in [0.15, 0.2) is 23.5 Å². The molecule has 0 aliphatic rings. The smallest absolute Gasteiger partial charge is 0.272 e. The lowest BCUT2D eigenvalue weighted by Gasteiger charge is -2.19. The average Bonchev–Trinajstić information content (AvgIpc) is 2.47. The minimum Gasteiger partial charge on any atom is -0.409 e. The highest BCUT2D eigenvalue weighted by Crippen LogP contribution is 2.05. The number of pyridine rings is 1. The number of aliphatic hydroxyl groups excluding tert-OH is 1. The molecule has 19 heavy (non-hydrogen) atoms. The molecule has 0 fully saturated rings. The van der Waals surface area contributed by atoms with Crippen LogP contribution < -0.4 is 5.73 Å². The first kappa shape index (κ1) is 14.9. The molecule has 1 aromatic rings. The zero-order chi connectivity index (χ0) is 14.3. The van der Waals surface area contributed by atoms with E-state index in [-0.39, 0.29) is 24.0 Å². The first-order valence-corrected chi connectivity index (χ1v) is 5.98. The summed E-state index contributed by atoms with van der Waals surface area (Å²) in [5, 5.41) is 20.2. The zero-order valence-electron chi connectivity index (χ0n) is 10.8. The lowest BCUT2D eigenvalue weighted by atomic mass is 10.2. The molecule has 1 rings (SSSR count). The first-order valence-electron chi connectivity index (χ1n) is 5.98. The Hall–Kier alpha value is -2.15. The summed E-state index contributed by atoms with van der Waals surface area (Å²) >= 11 is 0. The maximum Gasteiger partial charge on any atom is 0.272 e. The Bertz CT molecular complexity index is 445. The zero-order valence-corrected chi connectivity index (χ0v) is 10.8. The van der Waals surface area contributed by atoms with Crippen LogP contribution in [0, 0.1) is 0 Å². The van der Waals surface area contributed by atoms with Crippen LogP contribution in [0.1, 0.15) is 29.4 Å². The van der Waals surface area contributed by atoms with Crippen molar-refractivity contribution in [2.24, 2.45) is 10.9 Å². The van der Waals surface area contributed by atoms with Crippen molar-refractivity contribution >= 4 is 11.7 Å². The van der Waals surface area contributed by atoms with E-state index in [1.807, 2.05) is 6.92 Å². The Morgan fingerprint density at radius 1 is 1.53 bits per heavy atom. The Morgan fingerprint density at radius 3 is 2.74 bits per heavy atom. The predicted molar refractivity (Wildman–Crippen MR) is 70.0 cm³/mol. The molecule has 0 saturated carbocycles. The van der Waals surface area contributed by atoms with Gasteiger partial charge in [-0.1, -0.05) is 5.16 Å². The molecule has 0 aliphatic carbocycles. The Balaban J connectivity index is 2.81. The topological polar surface area (TPSA) is 112 Å². The minimum absolute atomic E-state index is 0.0413. The van der Waals surface area contributed by atoms with Crippen molar-refractivity contribution < 1.29 is 15.1 Å². The second-order valence-electron chi connectivity index (χ2n) is 3.88. The van der Waals surface area contributed by atoms with E-state index in [4.69, 9.17) is 16.0 Å². The number of amides is 1. The highest BCUT2D eigenvalue weighted by atomic mass is 16.4. The van der Waals surface area contributed by atoms with Crippen molar-refractivity contribution in [1.29, 1.82) is 0 Å². The summed E-state index contributed by atoms with van der Waals surface area (Å²) in [7, 11) is 0. The average molecular weight is 266 g/mol. The van der Waals surface area contributed by atoms with Gasteiger partial charge in [0.15, 0.2) is 5.84 Å². The van der Waals surface area contributed by atoms with Crippen LogP contribution in [-0.2, 0) is 0 Å². The third kappa shape index (κ3) is 3.92. The normalized spacial score (nSPS) is 11.4. The summed E-state index contributed by atoms with van der Waals surface area (Å²) in [6, 6.07) is 3.09. The number of aliphatic hydroxyl groups is 1. The van der Waals surface area contributed by atoms with Crippen molar-refractivity contribution in [2.75, 3.05) is 19.7 Å². The van der Waals surface area contributed by atoms with Gasteiger partial charge in [-0.15, -0.1) is 0 Å². The van der Waals surface area contributed by atoms with Gasteiger partial charge in [0.1, 0.15) is 5.69 Å². The fourth-order valence-electron chi connectivity index (χ4n) is 1.56. The summed E-state index contributed by atoms with van der Waals surface area (Å²) in [5.41, 5.74) is 6.14. The Kier molecular flexibility index (Phi) is 5.74. The van der Waals surface area contributed by atoms with Crippen molar-refractivity contribution in [1.82, 2.24) is 9.88 Å². The number of aromatic nitrogens is 1. The van der Waals surface area contributed by atoms with Gasteiger partial charge >= 0.3 is 0 Å². The largest absolute Gasteiger partial charge is 0.409 e. The fourth-order valence-corrected chi connectivity index (χ4v) is 1.56. The number of nitrogens with zero attached hydrogens (tertiary/aromatic N) is 3. The lowest BCUT2D eigenvalue weighted by molar-refractivity contribution is 0.0748. The molecule has 0 bridgehead atoms. The molecule has 0 aliphatic heterocycles. The monoisotopic (exact) mass is 266 g/mol. The molecule has 4 N–H and O–H groups in total. The highest BCUT2D eigenvalue weighted by molar-refractivity contribution is 5.98. The van der Waals surface area contributed by atoms with Crippen LogP contribution >= 0.6 is 0 Å². The third-order valence-corrected chi connectivity index (χ3v) is 2.64. The van der Waals surface area contributed by atoms with E-state index in [2.05, 4.69) is 10.1 Å². The van der Waals surface area contributed by atoms with E-state index in [1.165, 1.54) is 12.3 Å². The van der Waals surface area contributed by atoms with Crippen molar-refractivity contribution in [3.63, 3.8) is 0 Å². The fraction of sp³-hybridized carbons (Fsp3) is 0.417. The third-order valence-electron chi connectivity index (χ3n) is 2.64. The lowest BCUT2D eigenvalue weighted by Crippen LogP contribution is -2.32. The van der Waals surface area contributed by atoms with E-state index in [0.717, 1.165) is 0 Å². The van der Waals surface area contributed by atoms with Crippen LogP contribution in [0.25, 0.3) is 0 Å². The molecule has 0 aromatic carbocycles. The molecule has 104 valence electrons. The van der Waals surface area contributed by atoms with Gasteiger partial charge in [-0.3, -0.25) is 9.78 Å². The highest BCUT2D eigenvalue weighted by Gasteiger charge is 2.15. The summed E-state index contributed by atoms with van der Waals surface area (Å²) in [6.07, 6.45) is 1.91. The van der Waals surface area contributed by atoms with Gasteiger partial charge in [0, 0.05) is 31.5 Å². The summed E-state index contributed by atoms with van der Waals surface area (Å²) < 4.78 is 0. The maximum atomic E-state index is 12.1. The van der Waals surface area contributed by atoms with Crippen molar-refractivity contribution in [3.8, 4) is 0 Å². The Morgan fingerprint density at radius 2 is 2.26 bits per heavy atom. The molecule has 0 radical (unpaired) electrons. The van der Waals surface area contributed by atoms with Gasteiger partial charge in [-0.2, -0.15) is 0 Å². The van der Waals surface area contributed by atoms with Gasteiger partial charge in [0.2, 0.25) is 0 Å². The van der Waals surface area contributed by atoms with Crippen molar-refractivity contribution in [3.05, 3.63) is 29.6 Å². The number of carbonyl (C=O) groups is 1. The molecule has 0 atom stereocenters. The summed E-state index contributed by atoms with van der Waals surface area (Å²) in [5.74, 6) is -0.263. The molecule has 0 spiro atoms. The van der Waals surface area contributed by atoms with E-state index in [0.29, 0.717) is 25.1 Å². The first-order chi connectivity index (χ1) is 9.13. The Labute approximate surface area is 111 Å². The van der Waals surface area contributed by atoms with E-state index < -0.39 is 0 Å². The van der Waals surface area contributed by atoms with Gasteiger partial charge in [-0.25, -0.2) is 0 Å². The molecule has 1 aromatic heterocycles. The summed E-state index contributed by atoms with van der Waals surface area (Å²) in [4.78, 5) is 17.7. The maximum absolute atomic E-state index is 12.1. The van der Waals surface area contributed by atoms with E-state index in [9.17, 15) is 4.79 Å². The van der Waals surface area contributed by atoms with Crippen LogP contribution in [0.2, 0.25) is 0 Å². The van der Waals surface area contributed by atoms with Gasteiger partial charge in [0.05, 0.1) is 0 Å². The molecule has 0 saturated heterocycles. The number of nitrogens with two attached hydrogens (primary N) is 1. The number of amidine groups is 1. The number of hydrogen-bond donors (Lipinski definition) is 3.